The van der Waals surface area contributed by atoms with E-state index < -0.39 is 28.5 Å². The number of hydrogen-bond acceptors (Lipinski definition) is 3. The van der Waals surface area contributed by atoms with Gasteiger partial charge in [0.05, 0.1) is 11.4 Å². The third-order valence-electron chi connectivity index (χ3n) is 3.20. The lowest BCUT2D eigenvalue weighted by Gasteiger charge is -2.40. The standard InChI is InChI=1S/C11H10F2N2O2S/c12-6-1-2-7-10(9(6)13)15-3-4-18(17)5-8(15)11(16)14-7/h1-2,8H,3-5H2,(H,14,16). The van der Waals surface area contributed by atoms with Crippen LogP contribution in [0.5, 0.6) is 0 Å². The molecule has 2 aliphatic rings. The number of hydrogen-bond donors (Lipinski definition) is 1. The smallest absolute Gasteiger partial charge is 0.248 e. The number of nitrogens with zero attached hydrogens (tertiary/aromatic N) is 1. The molecule has 0 radical (unpaired) electrons. The summed E-state index contributed by atoms with van der Waals surface area (Å²) in [5.41, 5.74) is 0.333. The summed E-state index contributed by atoms with van der Waals surface area (Å²) in [7, 11) is -1.09. The maximum atomic E-state index is 13.8. The van der Waals surface area contributed by atoms with Crippen LogP contribution in [0.1, 0.15) is 0 Å². The van der Waals surface area contributed by atoms with Crippen molar-refractivity contribution in [1.82, 2.24) is 0 Å². The highest BCUT2D eigenvalue weighted by molar-refractivity contribution is 7.85. The average molecular weight is 272 g/mol. The van der Waals surface area contributed by atoms with Crippen LogP contribution in [0.15, 0.2) is 12.1 Å². The molecular weight excluding hydrogens is 262 g/mol. The minimum atomic E-state index is -1.09. The van der Waals surface area contributed by atoms with E-state index in [1.165, 1.54) is 11.0 Å². The van der Waals surface area contributed by atoms with E-state index in [0.717, 1.165) is 6.07 Å². The first-order valence-electron chi connectivity index (χ1n) is 5.48. The third kappa shape index (κ3) is 1.61. The molecule has 1 aromatic carbocycles. The summed E-state index contributed by atoms with van der Waals surface area (Å²) in [4.78, 5) is 13.3. The van der Waals surface area contributed by atoms with Gasteiger partial charge in [-0.1, -0.05) is 0 Å². The molecule has 1 fully saturated rings. The highest BCUT2D eigenvalue weighted by atomic mass is 32.2. The largest absolute Gasteiger partial charge is 0.354 e. The quantitative estimate of drug-likeness (QED) is 0.762. The summed E-state index contributed by atoms with van der Waals surface area (Å²) in [5, 5.41) is 2.53. The monoisotopic (exact) mass is 272 g/mol. The van der Waals surface area contributed by atoms with E-state index in [1.807, 2.05) is 0 Å². The molecular formula is C11H10F2N2O2S. The Bertz CT molecular complexity index is 564. The molecule has 0 saturated carbocycles. The molecule has 4 nitrogen and oxygen atoms in total. The molecule has 3 rings (SSSR count). The van der Waals surface area contributed by atoms with Crippen molar-refractivity contribution in [2.24, 2.45) is 0 Å². The second-order valence-electron chi connectivity index (χ2n) is 4.27. The van der Waals surface area contributed by atoms with Crippen LogP contribution in [0.25, 0.3) is 0 Å². The number of anilines is 2. The van der Waals surface area contributed by atoms with E-state index in [-0.39, 0.29) is 29.6 Å². The second-order valence-corrected chi connectivity index (χ2v) is 5.89. The van der Waals surface area contributed by atoms with Crippen LogP contribution in [-0.2, 0) is 15.6 Å². The second kappa shape index (κ2) is 4.01. The average Bonchev–Trinajstić information content (AvgIpc) is 2.34. The third-order valence-corrected chi connectivity index (χ3v) is 4.52. The minimum Gasteiger partial charge on any atom is -0.354 e. The predicted molar refractivity (Wildman–Crippen MR) is 64.0 cm³/mol. The van der Waals surface area contributed by atoms with Gasteiger partial charge >= 0.3 is 0 Å². The van der Waals surface area contributed by atoms with E-state index in [0.29, 0.717) is 5.75 Å². The fourth-order valence-electron chi connectivity index (χ4n) is 2.33. The Morgan fingerprint density at radius 2 is 2.17 bits per heavy atom. The molecule has 2 heterocycles. The van der Waals surface area contributed by atoms with Crippen molar-refractivity contribution in [1.29, 1.82) is 0 Å². The number of nitrogens with one attached hydrogen (secondary N) is 1. The lowest BCUT2D eigenvalue weighted by molar-refractivity contribution is -0.117. The summed E-state index contributed by atoms with van der Waals surface area (Å²) < 4.78 is 38.6. The summed E-state index contributed by atoms with van der Waals surface area (Å²) in [6.07, 6.45) is 0. The molecule has 7 heteroatoms. The zero-order valence-electron chi connectivity index (χ0n) is 9.28. The van der Waals surface area contributed by atoms with E-state index in [2.05, 4.69) is 5.32 Å². The summed E-state index contributed by atoms with van der Waals surface area (Å²) in [6, 6.07) is 1.65. The van der Waals surface area contributed by atoms with Crippen LogP contribution in [0.2, 0.25) is 0 Å². The number of benzene rings is 1. The van der Waals surface area contributed by atoms with Crippen molar-refractivity contribution in [3.05, 3.63) is 23.8 Å². The van der Waals surface area contributed by atoms with Crippen LogP contribution in [0.4, 0.5) is 20.2 Å². The molecule has 1 amide bonds. The molecule has 2 unspecified atom stereocenters. The van der Waals surface area contributed by atoms with E-state index in [1.54, 1.807) is 0 Å². The predicted octanol–water partition coefficient (Wildman–Crippen LogP) is 0.854. The van der Waals surface area contributed by atoms with Crippen LogP contribution < -0.4 is 10.2 Å². The minimum absolute atomic E-state index is 0.0660. The first kappa shape index (κ1) is 11.6. The van der Waals surface area contributed by atoms with Crippen molar-refractivity contribution in [2.75, 3.05) is 28.3 Å². The number of carbonyl (C=O) groups excluding carboxylic acids is 1. The lowest BCUT2D eigenvalue weighted by Crippen LogP contribution is -2.56. The Kier molecular flexibility index (Phi) is 2.58. The first-order valence-corrected chi connectivity index (χ1v) is 6.97. The maximum Gasteiger partial charge on any atom is 0.248 e. The molecule has 96 valence electrons. The van der Waals surface area contributed by atoms with Crippen LogP contribution in [0, 0.1) is 11.6 Å². The van der Waals surface area contributed by atoms with Gasteiger partial charge in [0.25, 0.3) is 0 Å². The van der Waals surface area contributed by atoms with Gasteiger partial charge in [0, 0.05) is 23.1 Å². The Morgan fingerprint density at radius 1 is 1.39 bits per heavy atom. The number of rotatable bonds is 0. The molecule has 0 bridgehead atoms. The lowest BCUT2D eigenvalue weighted by atomic mass is 10.1. The van der Waals surface area contributed by atoms with E-state index in [9.17, 15) is 17.8 Å². The van der Waals surface area contributed by atoms with Gasteiger partial charge in [-0.25, -0.2) is 8.78 Å². The molecule has 1 aromatic rings. The SMILES string of the molecule is O=C1Nc2ccc(F)c(F)c2N2CCS(=O)CC12. The van der Waals surface area contributed by atoms with Gasteiger partial charge in [0.1, 0.15) is 11.7 Å². The highest BCUT2D eigenvalue weighted by Gasteiger charge is 2.39. The first-order chi connectivity index (χ1) is 8.58. The number of amides is 1. The highest BCUT2D eigenvalue weighted by Crippen LogP contribution is 2.36. The normalized spacial score (nSPS) is 26.3. The number of halogens is 2. The molecule has 0 aliphatic carbocycles. The molecule has 0 aromatic heterocycles. The fraction of sp³-hybridized carbons (Fsp3) is 0.364. The molecule has 2 aliphatic heterocycles. The Balaban J connectivity index is 2.12. The van der Waals surface area contributed by atoms with Gasteiger partial charge in [0.15, 0.2) is 11.6 Å². The van der Waals surface area contributed by atoms with Gasteiger partial charge < -0.3 is 10.2 Å². The van der Waals surface area contributed by atoms with Crippen LogP contribution in [-0.4, -0.2) is 34.2 Å². The van der Waals surface area contributed by atoms with E-state index >= 15 is 0 Å². The van der Waals surface area contributed by atoms with Gasteiger partial charge in [-0.2, -0.15) is 0 Å². The molecule has 1 saturated heterocycles. The summed E-state index contributed by atoms with van der Waals surface area (Å²) in [5.74, 6) is -1.72. The summed E-state index contributed by atoms with van der Waals surface area (Å²) >= 11 is 0. The van der Waals surface area contributed by atoms with Crippen molar-refractivity contribution >= 4 is 28.1 Å². The summed E-state index contributed by atoms with van der Waals surface area (Å²) in [6.45, 7) is 0.290. The Morgan fingerprint density at radius 3 is 2.94 bits per heavy atom. The van der Waals surface area contributed by atoms with Crippen molar-refractivity contribution in [2.45, 2.75) is 6.04 Å². The zero-order valence-corrected chi connectivity index (χ0v) is 10.1. The number of carbonyl (C=O) groups is 1. The van der Waals surface area contributed by atoms with Gasteiger partial charge in [-0.15, -0.1) is 0 Å². The zero-order chi connectivity index (χ0) is 12.9. The number of fused-ring (bicyclic) bond motifs is 3. The van der Waals surface area contributed by atoms with Crippen molar-refractivity contribution in [3.63, 3.8) is 0 Å². The van der Waals surface area contributed by atoms with Gasteiger partial charge in [-0.3, -0.25) is 9.00 Å². The van der Waals surface area contributed by atoms with Crippen molar-refractivity contribution in [3.8, 4) is 0 Å². The maximum absolute atomic E-state index is 13.8. The van der Waals surface area contributed by atoms with Crippen LogP contribution >= 0.6 is 0 Å². The molecule has 18 heavy (non-hydrogen) atoms. The molecule has 0 spiro atoms. The Labute approximate surface area is 104 Å². The molecule has 1 N–H and O–H groups in total. The van der Waals surface area contributed by atoms with Crippen LogP contribution in [0.3, 0.4) is 0 Å². The Hall–Kier alpha value is -1.50. The molecule has 2 atom stereocenters. The van der Waals surface area contributed by atoms with E-state index in [4.69, 9.17) is 0 Å². The van der Waals surface area contributed by atoms with Gasteiger partial charge in [0.2, 0.25) is 5.91 Å². The van der Waals surface area contributed by atoms with Gasteiger partial charge in [-0.05, 0) is 12.1 Å². The van der Waals surface area contributed by atoms with Crippen molar-refractivity contribution < 1.29 is 17.8 Å². The fourth-order valence-corrected chi connectivity index (χ4v) is 3.58. The topological polar surface area (TPSA) is 49.4 Å².